The second-order valence-electron chi connectivity index (χ2n) is 8.55. The fourth-order valence-corrected chi connectivity index (χ4v) is 4.32. The van der Waals surface area contributed by atoms with Crippen LogP contribution in [0, 0.1) is 0 Å². The zero-order valence-corrected chi connectivity index (χ0v) is 18.9. The number of aromatic nitrogens is 3. The topological polar surface area (TPSA) is 128 Å². The van der Waals surface area contributed by atoms with Gasteiger partial charge in [-0.15, -0.1) is 0 Å². The molecule has 1 aromatic carbocycles. The van der Waals surface area contributed by atoms with Crippen molar-refractivity contribution in [1.82, 2.24) is 20.3 Å². The van der Waals surface area contributed by atoms with Gasteiger partial charge in [0.15, 0.2) is 11.5 Å². The Bertz CT molecular complexity index is 1200. The molecular weight excluding hydrogens is 438 g/mol. The van der Waals surface area contributed by atoms with Crippen molar-refractivity contribution in [3.05, 3.63) is 42.4 Å². The number of para-hydroxylation sites is 1. The molecule has 3 N–H and O–H groups in total. The van der Waals surface area contributed by atoms with Gasteiger partial charge in [-0.25, -0.2) is 9.97 Å². The molecule has 34 heavy (non-hydrogen) atoms. The van der Waals surface area contributed by atoms with Crippen LogP contribution in [0.1, 0.15) is 31.4 Å². The zero-order valence-electron chi connectivity index (χ0n) is 18.9. The van der Waals surface area contributed by atoms with E-state index in [0.29, 0.717) is 79.5 Å². The molecule has 2 aromatic heterocycles. The van der Waals surface area contributed by atoms with Crippen LogP contribution in [0.15, 0.2) is 36.7 Å². The van der Waals surface area contributed by atoms with Crippen molar-refractivity contribution in [2.24, 2.45) is 0 Å². The van der Waals surface area contributed by atoms with Gasteiger partial charge < -0.3 is 30.0 Å². The number of benzene rings is 1. The Kier molecular flexibility index (Phi) is 6.16. The highest BCUT2D eigenvalue weighted by Gasteiger charge is 2.40. The van der Waals surface area contributed by atoms with Crippen molar-refractivity contribution >= 4 is 22.6 Å². The summed E-state index contributed by atoms with van der Waals surface area (Å²) < 4.78 is 16.3. The van der Waals surface area contributed by atoms with Gasteiger partial charge in [0, 0.05) is 18.7 Å². The molecule has 3 heterocycles. The van der Waals surface area contributed by atoms with Gasteiger partial charge in [0.1, 0.15) is 24.3 Å². The number of rotatable bonds is 6. The number of carbonyl (C=O) groups is 1. The summed E-state index contributed by atoms with van der Waals surface area (Å²) in [7, 11) is 1.51. The van der Waals surface area contributed by atoms with Gasteiger partial charge in [-0.3, -0.25) is 9.78 Å². The molecule has 1 amide bonds. The highest BCUT2D eigenvalue weighted by Crippen LogP contribution is 2.32. The smallest absolute Gasteiger partial charge is 0.256 e. The lowest BCUT2D eigenvalue weighted by Gasteiger charge is -2.35. The molecule has 0 spiro atoms. The van der Waals surface area contributed by atoms with Crippen molar-refractivity contribution < 1.29 is 24.1 Å². The summed E-state index contributed by atoms with van der Waals surface area (Å²) in [6, 6.07) is 7.40. The minimum Gasteiger partial charge on any atom is -0.486 e. The number of nitrogens with one attached hydrogen (secondary N) is 2. The van der Waals surface area contributed by atoms with Crippen LogP contribution in [0.25, 0.3) is 11.0 Å². The second kappa shape index (κ2) is 9.40. The van der Waals surface area contributed by atoms with Crippen LogP contribution in [0.3, 0.4) is 0 Å². The molecule has 0 bridgehead atoms. The molecule has 1 aliphatic heterocycles. The summed E-state index contributed by atoms with van der Waals surface area (Å²) >= 11 is 0. The highest BCUT2D eigenvalue weighted by atomic mass is 16.6. The number of carbonyl (C=O) groups excluding carboxylic acids is 1. The third kappa shape index (κ3) is 4.59. The Balaban J connectivity index is 1.18. The van der Waals surface area contributed by atoms with E-state index < -0.39 is 11.5 Å². The molecule has 10 heteroatoms. The van der Waals surface area contributed by atoms with E-state index in [2.05, 4.69) is 25.6 Å². The normalized spacial score (nSPS) is 21.8. The first-order chi connectivity index (χ1) is 16.5. The summed E-state index contributed by atoms with van der Waals surface area (Å²) in [5, 5.41) is 17.4. The number of hydrogen-bond acceptors (Lipinski definition) is 9. The Morgan fingerprint density at radius 3 is 2.76 bits per heavy atom. The van der Waals surface area contributed by atoms with Gasteiger partial charge in [0.25, 0.3) is 5.91 Å². The van der Waals surface area contributed by atoms with E-state index in [4.69, 9.17) is 14.2 Å². The van der Waals surface area contributed by atoms with Gasteiger partial charge >= 0.3 is 0 Å². The molecule has 5 rings (SSSR count). The van der Waals surface area contributed by atoms with Crippen molar-refractivity contribution in [3.8, 4) is 17.4 Å². The molecule has 1 aliphatic carbocycles. The number of aliphatic hydroxyl groups is 1. The Morgan fingerprint density at radius 2 is 1.97 bits per heavy atom. The van der Waals surface area contributed by atoms with E-state index in [1.807, 2.05) is 6.07 Å². The molecule has 0 atom stereocenters. The predicted octanol–water partition coefficient (Wildman–Crippen LogP) is 2.21. The van der Waals surface area contributed by atoms with Gasteiger partial charge in [-0.05, 0) is 37.8 Å². The zero-order chi connectivity index (χ0) is 23.5. The highest BCUT2D eigenvalue weighted by molar-refractivity contribution is 6.03. The van der Waals surface area contributed by atoms with Gasteiger partial charge in [-0.1, -0.05) is 6.07 Å². The monoisotopic (exact) mass is 465 g/mol. The van der Waals surface area contributed by atoms with Crippen LogP contribution < -0.4 is 24.8 Å². The summed E-state index contributed by atoms with van der Waals surface area (Å²) in [6.07, 6.45) is 5.24. The summed E-state index contributed by atoms with van der Waals surface area (Å²) in [6.45, 7) is 1.64. The molecule has 0 unspecified atom stereocenters. The van der Waals surface area contributed by atoms with Gasteiger partial charge in [0.2, 0.25) is 5.88 Å². The third-order valence-corrected chi connectivity index (χ3v) is 6.30. The number of anilines is 1. The lowest BCUT2D eigenvalue weighted by molar-refractivity contribution is -0.137. The largest absolute Gasteiger partial charge is 0.486 e. The molecule has 3 aromatic rings. The fraction of sp³-hybridized carbons (Fsp3) is 0.417. The van der Waals surface area contributed by atoms with E-state index in [-0.39, 0.29) is 6.04 Å². The van der Waals surface area contributed by atoms with Crippen molar-refractivity contribution in [2.75, 3.05) is 25.6 Å². The summed E-state index contributed by atoms with van der Waals surface area (Å²) in [5.74, 6) is 1.30. The number of ether oxygens (including phenoxy) is 3. The fourth-order valence-electron chi connectivity index (χ4n) is 4.32. The quantitative estimate of drug-likeness (QED) is 0.502. The number of methoxy groups -OCH3 is 1. The average molecular weight is 466 g/mol. The first-order valence-corrected chi connectivity index (χ1v) is 11.4. The first kappa shape index (κ1) is 22.3. The molecule has 0 radical (unpaired) electrons. The minimum atomic E-state index is -1.44. The summed E-state index contributed by atoms with van der Waals surface area (Å²) in [4.78, 5) is 26.1. The van der Waals surface area contributed by atoms with Crippen LogP contribution in [0.4, 0.5) is 5.69 Å². The van der Waals surface area contributed by atoms with Crippen LogP contribution in [0.2, 0.25) is 0 Å². The number of amides is 1. The van der Waals surface area contributed by atoms with E-state index in [1.54, 1.807) is 24.4 Å². The Labute approximate surface area is 196 Å². The molecule has 1 fully saturated rings. The Morgan fingerprint density at radius 1 is 1.18 bits per heavy atom. The Hall–Kier alpha value is -3.50. The van der Waals surface area contributed by atoms with Gasteiger partial charge in [0.05, 0.1) is 36.4 Å². The molecule has 178 valence electrons. The van der Waals surface area contributed by atoms with Crippen LogP contribution in [-0.2, 0) is 11.3 Å². The summed E-state index contributed by atoms with van der Waals surface area (Å²) in [5.41, 5.74) is 1.05. The first-order valence-electron chi connectivity index (χ1n) is 11.4. The van der Waals surface area contributed by atoms with Crippen molar-refractivity contribution in [1.29, 1.82) is 0 Å². The standard InChI is InChI=1S/C24H27N5O5/c1-32-21-14-27-17-3-2-4-18(22(17)29-21)28-23(30)24(31)7-5-15(6-8-24)25-12-16-11-19-20(13-26-16)34-10-9-33-19/h2-4,11,13-15,25,31H,5-10,12H2,1H3,(H,28,30). The average Bonchev–Trinajstić information content (AvgIpc) is 2.88. The molecular formula is C24H27N5O5. The van der Waals surface area contributed by atoms with E-state index in [0.717, 1.165) is 5.69 Å². The molecule has 2 aliphatic rings. The van der Waals surface area contributed by atoms with Crippen molar-refractivity contribution in [2.45, 2.75) is 43.9 Å². The predicted molar refractivity (Wildman–Crippen MR) is 124 cm³/mol. The van der Waals surface area contributed by atoms with Crippen LogP contribution >= 0.6 is 0 Å². The van der Waals surface area contributed by atoms with E-state index in [9.17, 15) is 9.90 Å². The lowest BCUT2D eigenvalue weighted by atomic mass is 9.81. The van der Waals surface area contributed by atoms with E-state index >= 15 is 0 Å². The number of fused-ring (bicyclic) bond motifs is 2. The van der Waals surface area contributed by atoms with Crippen molar-refractivity contribution in [3.63, 3.8) is 0 Å². The van der Waals surface area contributed by atoms with Gasteiger partial charge in [-0.2, -0.15) is 0 Å². The third-order valence-electron chi connectivity index (χ3n) is 6.30. The maximum atomic E-state index is 13.0. The number of pyridine rings is 1. The molecule has 1 saturated carbocycles. The van der Waals surface area contributed by atoms with E-state index in [1.165, 1.54) is 13.3 Å². The van der Waals surface area contributed by atoms with Crippen LogP contribution in [0.5, 0.6) is 17.4 Å². The number of hydrogen-bond donors (Lipinski definition) is 3. The SMILES string of the molecule is COc1cnc2cccc(NC(=O)C3(O)CCC(NCc4cc5c(cn4)OCCO5)CC3)c2n1. The second-order valence-corrected chi connectivity index (χ2v) is 8.55. The van der Waals surface area contributed by atoms with Crippen LogP contribution in [-0.4, -0.2) is 57.9 Å². The maximum absolute atomic E-state index is 13.0. The lowest BCUT2D eigenvalue weighted by Crippen LogP contribution is -2.48. The molecule has 0 saturated heterocycles. The maximum Gasteiger partial charge on any atom is 0.256 e. The minimum absolute atomic E-state index is 0.177. The molecule has 10 nitrogen and oxygen atoms in total. The number of nitrogens with zero attached hydrogens (tertiary/aromatic N) is 3.